The number of thioether (sulfide) groups is 2. The molecule has 1 aromatic carbocycles. The van der Waals surface area contributed by atoms with Crippen LogP contribution in [-0.4, -0.2) is 110 Å². The number of carboxylic acids is 2. The topological polar surface area (TPSA) is 293 Å². The van der Waals surface area contributed by atoms with Crippen LogP contribution in [0.2, 0.25) is 0 Å². The minimum Gasteiger partial charge on any atom is -0.504 e. The fraction of sp³-hybridized carbons (Fsp3) is 0.214. The maximum atomic E-state index is 13.5. The number of aromatic carboxylic acids is 1. The number of allylic oxidation sites excluding steroid dienone is 1. The van der Waals surface area contributed by atoms with Gasteiger partial charge in [-0.3, -0.25) is 14.5 Å². The maximum absolute atomic E-state index is 13.5. The first kappa shape index (κ1) is 35.1. The Morgan fingerprint density at radius 1 is 1.20 bits per heavy atom. The van der Waals surface area contributed by atoms with E-state index < -0.39 is 65.1 Å². The molecule has 266 valence electrons. The fourth-order valence-corrected chi connectivity index (χ4v) is 8.21. The number of carbonyl (C=O) groups is 5. The number of carboxylic acid groups (broad SMARTS) is 3. The number of aliphatic imine (C=N–C) groups is 1. The molecule has 1 saturated heterocycles. The highest BCUT2D eigenvalue weighted by Gasteiger charge is 2.54. The number of aliphatic carboxylic acids is 1. The van der Waals surface area contributed by atoms with Crippen LogP contribution in [0.1, 0.15) is 28.5 Å². The molecular formula is C28H25N9O11S3. The van der Waals surface area contributed by atoms with E-state index in [-0.39, 0.29) is 39.2 Å². The Morgan fingerprint density at radius 3 is 2.63 bits per heavy atom. The fourth-order valence-electron chi connectivity index (χ4n) is 5.11. The molecule has 4 aliphatic heterocycles. The summed E-state index contributed by atoms with van der Waals surface area (Å²) in [5, 5.41) is 58.6. The number of fused-ring (bicyclic) bond motifs is 2. The number of rotatable bonds is 11. The van der Waals surface area contributed by atoms with Crippen LogP contribution in [0.5, 0.6) is 11.5 Å². The van der Waals surface area contributed by atoms with Crippen LogP contribution in [0.3, 0.4) is 0 Å². The highest BCUT2D eigenvalue weighted by atomic mass is 32.2. The van der Waals surface area contributed by atoms with Crippen molar-refractivity contribution < 1.29 is 54.3 Å². The molecule has 51 heavy (non-hydrogen) atoms. The summed E-state index contributed by atoms with van der Waals surface area (Å²) in [7, 11) is 0. The molecule has 2 atom stereocenters. The molecule has 1 aromatic heterocycles. The summed E-state index contributed by atoms with van der Waals surface area (Å²) in [4.78, 5) is 76.8. The summed E-state index contributed by atoms with van der Waals surface area (Å²) >= 11 is 3.41. The average molecular weight is 760 g/mol. The minimum atomic E-state index is -1.38. The van der Waals surface area contributed by atoms with Crippen LogP contribution >= 0.6 is 34.9 Å². The number of amides is 3. The van der Waals surface area contributed by atoms with Crippen molar-refractivity contribution in [1.82, 2.24) is 30.8 Å². The predicted octanol–water partition coefficient (Wildman–Crippen LogP) is 1.06. The summed E-state index contributed by atoms with van der Waals surface area (Å²) in [6.45, 7) is 1.15. The number of nitrogens with one attached hydrogen (secondary N) is 2. The maximum Gasteiger partial charge on any atom is 0.427 e. The van der Waals surface area contributed by atoms with Gasteiger partial charge in [0.05, 0.1) is 16.8 Å². The second-order valence-corrected chi connectivity index (χ2v) is 13.8. The number of phenolic OH excluding ortho intramolecular Hbond substituents is 2. The molecule has 9 N–H and O–H groups in total. The SMILES string of the molecule is CC1=NC2=CN(C(=O)O)NN2C(SCC2=C(C(=O)O)N3C(=O)[C@@H](NC(=O)C(=NOCc4cc(C(=O)O)cc(O)c4O)c4csc(N)n4)[C@H]3SC2)=C1. The van der Waals surface area contributed by atoms with E-state index in [1.54, 1.807) is 13.0 Å². The number of aromatic nitrogens is 1. The summed E-state index contributed by atoms with van der Waals surface area (Å²) in [5.74, 6) is -5.10. The lowest BCUT2D eigenvalue weighted by molar-refractivity contribution is -0.150. The van der Waals surface area contributed by atoms with Crippen LogP contribution in [0, 0.1) is 0 Å². The number of carbonyl (C=O) groups excluding carboxylic acids is 2. The number of anilines is 1. The zero-order chi connectivity index (χ0) is 36.7. The molecule has 2 aromatic rings. The number of hydrazine groups is 2. The molecule has 0 saturated carbocycles. The van der Waals surface area contributed by atoms with Gasteiger partial charge in [0.15, 0.2) is 28.2 Å². The van der Waals surface area contributed by atoms with Gasteiger partial charge in [-0.1, -0.05) is 5.16 Å². The van der Waals surface area contributed by atoms with Crippen LogP contribution in [-0.2, 0) is 25.8 Å². The first-order valence-corrected chi connectivity index (χ1v) is 17.3. The zero-order valence-electron chi connectivity index (χ0n) is 25.8. The van der Waals surface area contributed by atoms with E-state index in [2.05, 4.69) is 26.0 Å². The van der Waals surface area contributed by atoms with E-state index in [4.69, 9.17) is 10.6 Å². The minimum absolute atomic E-state index is 0.0269. The van der Waals surface area contributed by atoms with Crippen LogP contribution in [0.25, 0.3) is 0 Å². The average Bonchev–Trinajstić information content (AvgIpc) is 3.71. The van der Waals surface area contributed by atoms with Gasteiger partial charge >= 0.3 is 18.0 Å². The Balaban J connectivity index is 1.16. The lowest BCUT2D eigenvalue weighted by atomic mass is 10.0. The van der Waals surface area contributed by atoms with Crippen LogP contribution in [0.15, 0.2) is 62.1 Å². The molecule has 5 heterocycles. The third-order valence-corrected chi connectivity index (χ3v) is 10.5. The van der Waals surface area contributed by atoms with Crippen molar-refractivity contribution in [2.24, 2.45) is 10.1 Å². The van der Waals surface area contributed by atoms with Gasteiger partial charge in [0.25, 0.3) is 11.8 Å². The molecule has 6 rings (SSSR count). The van der Waals surface area contributed by atoms with Crippen LogP contribution in [0.4, 0.5) is 9.93 Å². The number of thiazole rings is 1. The number of aromatic hydroxyl groups is 2. The van der Waals surface area contributed by atoms with E-state index in [0.717, 1.165) is 33.4 Å². The van der Waals surface area contributed by atoms with Crippen molar-refractivity contribution in [2.45, 2.75) is 24.9 Å². The molecule has 0 radical (unpaired) electrons. The third kappa shape index (κ3) is 6.86. The quantitative estimate of drug-likeness (QED) is 0.0687. The summed E-state index contributed by atoms with van der Waals surface area (Å²) < 4.78 is 0. The van der Waals surface area contributed by atoms with Gasteiger partial charge in [0.2, 0.25) is 0 Å². The molecular weight excluding hydrogens is 735 g/mol. The second kappa shape index (κ2) is 13.9. The summed E-state index contributed by atoms with van der Waals surface area (Å²) in [6.07, 6.45) is 1.72. The number of β-lactam (4-membered cyclic amide) rings is 1. The summed E-state index contributed by atoms with van der Waals surface area (Å²) in [5.41, 5.74) is 8.22. The number of benzene rings is 1. The molecule has 0 spiro atoms. The zero-order valence-corrected chi connectivity index (χ0v) is 28.3. The van der Waals surface area contributed by atoms with Crippen LogP contribution < -0.4 is 16.6 Å². The third-order valence-electron chi connectivity index (χ3n) is 7.43. The lowest BCUT2D eigenvalue weighted by Crippen LogP contribution is -2.71. The predicted molar refractivity (Wildman–Crippen MR) is 181 cm³/mol. The van der Waals surface area contributed by atoms with Gasteiger partial charge in [-0.2, -0.15) is 5.01 Å². The summed E-state index contributed by atoms with van der Waals surface area (Å²) in [6, 6.07) is 0.723. The number of phenols is 2. The number of nitrogen functional groups attached to an aromatic ring is 1. The van der Waals surface area contributed by atoms with Gasteiger partial charge < -0.3 is 41.4 Å². The Bertz CT molecular complexity index is 2040. The van der Waals surface area contributed by atoms with Crippen molar-refractivity contribution in [1.29, 1.82) is 0 Å². The molecule has 1 fully saturated rings. The van der Waals surface area contributed by atoms with E-state index in [1.807, 2.05) is 0 Å². The molecule has 4 aliphatic rings. The first-order valence-electron chi connectivity index (χ1n) is 14.3. The Labute approximate surface area is 298 Å². The van der Waals surface area contributed by atoms with Crippen molar-refractivity contribution in [3.05, 3.63) is 68.7 Å². The van der Waals surface area contributed by atoms with Crippen molar-refractivity contribution >= 4 is 81.3 Å². The number of oxime groups is 1. The van der Waals surface area contributed by atoms with Crippen molar-refractivity contribution in [2.75, 3.05) is 17.2 Å². The number of hydrogen-bond donors (Lipinski definition) is 8. The Hall–Kier alpha value is -5.78. The standard InChI is InChI=1S/C28H25N9O11S3/c1-10-2-17(37-16(30-10)5-35(34-37)28(46)47)49-7-13-8-50-24-19(23(41)36(24)20(13)26(44)45)32-22(40)18(14-9-51-27(29)31-14)33-48-6-12-3-11(25(42)43)4-15(38)21(12)39/h2-5,9,19,24,34,38-39H,6-8H2,1H3,(H2,29,31)(H,32,40)(H,42,43)(H,44,45)(H,46,47)/t19-,24-/m1/s1. The van der Waals surface area contributed by atoms with Gasteiger partial charge in [0, 0.05) is 28.2 Å². The second-order valence-electron chi connectivity index (χ2n) is 10.8. The van der Waals surface area contributed by atoms with Gasteiger partial charge in [-0.15, -0.1) is 40.4 Å². The smallest absolute Gasteiger partial charge is 0.427 e. The lowest BCUT2D eigenvalue weighted by Gasteiger charge is -2.49. The molecule has 20 nitrogen and oxygen atoms in total. The first-order chi connectivity index (χ1) is 24.2. The van der Waals surface area contributed by atoms with E-state index in [9.17, 15) is 49.5 Å². The molecule has 3 amide bonds. The van der Waals surface area contributed by atoms with E-state index in [0.29, 0.717) is 22.1 Å². The molecule has 0 aliphatic carbocycles. The van der Waals surface area contributed by atoms with E-state index >= 15 is 0 Å². The monoisotopic (exact) mass is 759 g/mol. The normalized spacial score (nSPS) is 19.8. The van der Waals surface area contributed by atoms with Gasteiger partial charge in [-0.05, 0) is 30.7 Å². The molecule has 0 bridgehead atoms. The van der Waals surface area contributed by atoms with E-state index in [1.165, 1.54) is 40.1 Å². The Morgan fingerprint density at radius 2 is 1.96 bits per heavy atom. The molecule has 0 unspecified atom stereocenters. The number of nitrogens with two attached hydrogens (primary N) is 1. The number of nitrogens with zero attached hydrogens (tertiary/aromatic N) is 6. The largest absolute Gasteiger partial charge is 0.504 e. The van der Waals surface area contributed by atoms with Crippen molar-refractivity contribution in [3.63, 3.8) is 0 Å². The highest BCUT2D eigenvalue weighted by molar-refractivity contribution is 8.03. The Kier molecular flexibility index (Phi) is 9.52. The highest BCUT2D eigenvalue weighted by Crippen LogP contribution is 2.42. The van der Waals surface area contributed by atoms with Gasteiger partial charge in [0.1, 0.15) is 29.4 Å². The van der Waals surface area contributed by atoms with Gasteiger partial charge in [-0.25, -0.2) is 29.4 Å². The number of hydrogen-bond acceptors (Lipinski definition) is 17. The van der Waals surface area contributed by atoms with Crippen molar-refractivity contribution in [3.8, 4) is 11.5 Å². The molecule has 23 heteroatoms.